The van der Waals surface area contributed by atoms with Crippen LogP contribution in [0.1, 0.15) is 26.3 Å². The summed E-state index contributed by atoms with van der Waals surface area (Å²) in [5, 5.41) is 0. The molecule has 0 N–H and O–H groups in total. The topological polar surface area (TPSA) is 34.9 Å². The van der Waals surface area contributed by atoms with E-state index in [0.29, 0.717) is 4.47 Å². The SMILES string of the molecule is CC[C@@H](C)n1cncc(Br)c1=O. The largest absolute Gasteiger partial charge is 0.295 e. The standard InChI is InChI=1S/C8H11BrN2O/c1-3-6(2)11-5-10-4-7(9)8(11)12/h4-6H,3H2,1-2H3/t6-/m1/s1. The Morgan fingerprint density at radius 3 is 3.00 bits per heavy atom. The molecule has 1 aromatic heterocycles. The number of aromatic nitrogens is 2. The molecule has 4 heteroatoms. The van der Waals surface area contributed by atoms with Crippen molar-refractivity contribution in [2.24, 2.45) is 0 Å². The quantitative estimate of drug-likeness (QED) is 0.779. The fourth-order valence-electron chi connectivity index (χ4n) is 0.912. The maximum Gasteiger partial charge on any atom is 0.267 e. The highest BCUT2D eigenvalue weighted by Crippen LogP contribution is 2.07. The number of nitrogens with zero attached hydrogens (tertiary/aromatic N) is 2. The van der Waals surface area contributed by atoms with Crippen molar-refractivity contribution < 1.29 is 0 Å². The third kappa shape index (κ3) is 1.75. The van der Waals surface area contributed by atoms with Crippen molar-refractivity contribution >= 4 is 15.9 Å². The summed E-state index contributed by atoms with van der Waals surface area (Å²) in [5.74, 6) is 0. The molecule has 1 rings (SSSR count). The van der Waals surface area contributed by atoms with E-state index in [4.69, 9.17) is 0 Å². The highest BCUT2D eigenvalue weighted by atomic mass is 79.9. The van der Waals surface area contributed by atoms with Gasteiger partial charge >= 0.3 is 0 Å². The lowest BCUT2D eigenvalue weighted by Crippen LogP contribution is -2.23. The Labute approximate surface area is 79.6 Å². The first-order valence-electron chi connectivity index (χ1n) is 3.88. The summed E-state index contributed by atoms with van der Waals surface area (Å²) in [6, 6.07) is 0.211. The van der Waals surface area contributed by atoms with Gasteiger partial charge in [0.05, 0.1) is 6.33 Å². The molecule has 66 valence electrons. The van der Waals surface area contributed by atoms with Crippen LogP contribution < -0.4 is 5.56 Å². The van der Waals surface area contributed by atoms with Crippen molar-refractivity contribution in [1.82, 2.24) is 9.55 Å². The third-order valence-electron chi connectivity index (χ3n) is 1.88. The minimum atomic E-state index is -0.0145. The summed E-state index contributed by atoms with van der Waals surface area (Å²) in [7, 11) is 0. The van der Waals surface area contributed by atoms with E-state index in [1.165, 1.54) is 6.20 Å². The molecule has 0 unspecified atom stereocenters. The number of hydrogen-bond donors (Lipinski definition) is 0. The minimum absolute atomic E-state index is 0.0145. The second kappa shape index (κ2) is 3.85. The van der Waals surface area contributed by atoms with Crippen molar-refractivity contribution in [2.45, 2.75) is 26.3 Å². The molecular formula is C8H11BrN2O. The van der Waals surface area contributed by atoms with Crippen LogP contribution in [-0.2, 0) is 0 Å². The molecule has 0 saturated heterocycles. The van der Waals surface area contributed by atoms with Crippen LogP contribution in [0.2, 0.25) is 0 Å². The molecule has 0 spiro atoms. The first-order chi connectivity index (χ1) is 5.66. The summed E-state index contributed by atoms with van der Waals surface area (Å²) in [4.78, 5) is 15.4. The fourth-order valence-corrected chi connectivity index (χ4v) is 1.24. The Morgan fingerprint density at radius 2 is 2.42 bits per heavy atom. The molecule has 0 saturated carbocycles. The van der Waals surface area contributed by atoms with E-state index < -0.39 is 0 Å². The lowest BCUT2D eigenvalue weighted by Gasteiger charge is -2.11. The van der Waals surface area contributed by atoms with Crippen LogP contribution in [0, 0.1) is 0 Å². The van der Waals surface area contributed by atoms with Gasteiger partial charge in [-0.15, -0.1) is 0 Å². The van der Waals surface area contributed by atoms with Gasteiger partial charge in [0.25, 0.3) is 5.56 Å². The fraction of sp³-hybridized carbons (Fsp3) is 0.500. The summed E-state index contributed by atoms with van der Waals surface area (Å²) in [6.45, 7) is 4.04. The van der Waals surface area contributed by atoms with Crippen molar-refractivity contribution in [3.05, 3.63) is 27.4 Å². The zero-order valence-electron chi connectivity index (χ0n) is 7.12. The van der Waals surface area contributed by atoms with Crippen LogP contribution in [0.25, 0.3) is 0 Å². The summed E-state index contributed by atoms with van der Waals surface area (Å²) < 4.78 is 2.15. The number of halogens is 1. The Bertz CT molecular complexity index is 321. The van der Waals surface area contributed by atoms with E-state index in [9.17, 15) is 4.79 Å². The molecule has 0 amide bonds. The molecule has 1 aromatic rings. The van der Waals surface area contributed by atoms with Crippen molar-refractivity contribution in [1.29, 1.82) is 0 Å². The highest BCUT2D eigenvalue weighted by Gasteiger charge is 2.05. The van der Waals surface area contributed by atoms with E-state index in [1.807, 2.05) is 13.8 Å². The van der Waals surface area contributed by atoms with Gasteiger partial charge in [-0.3, -0.25) is 9.36 Å². The molecule has 1 heterocycles. The first-order valence-corrected chi connectivity index (χ1v) is 4.67. The van der Waals surface area contributed by atoms with Gasteiger partial charge in [-0.25, -0.2) is 4.98 Å². The van der Waals surface area contributed by atoms with Crippen molar-refractivity contribution in [2.75, 3.05) is 0 Å². The molecule has 0 aliphatic carbocycles. The van der Waals surface area contributed by atoms with Gasteiger partial charge in [-0.2, -0.15) is 0 Å². The van der Waals surface area contributed by atoms with Gasteiger partial charge in [0.15, 0.2) is 0 Å². The zero-order chi connectivity index (χ0) is 9.14. The van der Waals surface area contributed by atoms with Crippen LogP contribution in [-0.4, -0.2) is 9.55 Å². The Hall–Kier alpha value is -0.640. The molecule has 0 radical (unpaired) electrons. The van der Waals surface area contributed by atoms with E-state index >= 15 is 0 Å². The lowest BCUT2D eigenvalue weighted by molar-refractivity contribution is 0.504. The van der Waals surface area contributed by atoms with Gasteiger partial charge in [-0.05, 0) is 29.3 Å². The summed E-state index contributed by atoms with van der Waals surface area (Å²) in [6.07, 6.45) is 4.01. The predicted octanol–water partition coefficient (Wildman–Crippen LogP) is 1.98. The number of hydrogen-bond acceptors (Lipinski definition) is 2. The zero-order valence-corrected chi connectivity index (χ0v) is 8.71. The predicted molar refractivity (Wildman–Crippen MR) is 51.2 cm³/mol. The van der Waals surface area contributed by atoms with E-state index in [0.717, 1.165) is 6.42 Å². The van der Waals surface area contributed by atoms with Gasteiger partial charge < -0.3 is 0 Å². The van der Waals surface area contributed by atoms with Crippen molar-refractivity contribution in [3.63, 3.8) is 0 Å². The molecule has 0 bridgehead atoms. The van der Waals surface area contributed by atoms with Crippen LogP contribution in [0.15, 0.2) is 21.8 Å². The molecular weight excluding hydrogens is 220 g/mol. The van der Waals surface area contributed by atoms with Gasteiger partial charge in [0.1, 0.15) is 4.47 Å². The molecule has 0 aromatic carbocycles. The third-order valence-corrected chi connectivity index (χ3v) is 2.43. The normalized spacial score (nSPS) is 12.9. The van der Waals surface area contributed by atoms with Crippen LogP contribution in [0.4, 0.5) is 0 Å². The van der Waals surface area contributed by atoms with Crippen LogP contribution in [0.5, 0.6) is 0 Å². The summed E-state index contributed by atoms with van der Waals surface area (Å²) >= 11 is 3.15. The van der Waals surface area contributed by atoms with Crippen molar-refractivity contribution in [3.8, 4) is 0 Å². The van der Waals surface area contributed by atoms with Gasteiger partial charge in [0.2, 0.25) is 0 Å². The average molecular weight is 231 g/mol. The molecule has 1 atom stereocenters. The smallest absolute Gasteiger partial charge is 0.267 e. The molecule has 3 nitrogen and oxygen atoms in total. The average Bonchev–Trinajstić information content (AvgIpc) is 2.08. The minimum Gasteiger partial charge on any atom is -0.295 e. The van der Waals surface area contributed by atoms with E-state index in [-0.39, 0.29) is 11.6 Å². The first kappa shape index (κ1) is 9.45. The highest BCUT2D eigenvalue weighted by molar-refractivity contribution is 9.10. The Kier molecular flexibility index (Phi) is 3.03. The van der Waals surface area contributed by atoms with Crippen LogP contribution >= 0.6 is 15.9 Å². The second-order valence-corrected chi connectivity index (χ2v) is 3.57. The molecule has 0 aliphatic heterocycles. The molecule has 0 aliphatic rings. The maximum atomic E-state index is 11.4. The van der Waals surface area contributed by atoms with Gasteiger partial charge in [0, 0.05) is 12.2 Å². The Balaban J connectivity index is 3.17. The number of rotatable bonds is 2. The van der Waals surface area contributed by atoms with Gasteiger partial charge in [-0.1, -0.05) is 6.92 Å². The Morgan fingerprint density at radius 1 is 1.75 bits per heavy atom. The van der Waals surface area contributed by atoms with E-state index in [1.54, 1.807) is 10.9 Å². The monoisotopic (exact) mass is 230 g/mol. The second-order valence-electron chi connectivity index (χ2n) is 2.71. The molecule has 0 fully saturated rings. The van der Waals surface area contributed by atoms with Crippen LogP contribution in [0.3, 0.4) is 0 Å². The maximum absolute atomic E-state index is 11.4. The molecule has 12 heavy (non-hydrogen) atoms. The summed E-state index contributed by atoms with van der Waals surface area (Å²) in [5.41, 5.74) is -0.0145. The van der Waals surface area contributed by atoms with E-state index in [2.05, 4.69) is 20.9 Å². The lowest BCUT2D eigenvalue weighted by atomic mass is 10.2.